The van der Waals surface area contributed by atoms with Gasteiger partial charge >= 0.3 is 5.97 Å². The molecule has 92 valence electrons. The number of hydrogen-bond donors (Lipinski definition) is 3. The largest absolute Gasteiger partial charge is 0.478 e. The van der Waals surface area contributed by atoms with Gasteiger partial charge in [0.2, 0.25) is 0 Å². The fourth-order valence-electron chi connectivity index (χ4n) is 1.43. The predicted molar refractivity (Wildman–Crippen MR) is 67.2 cm³/mol. The summed E-state index contributed by atoms with van der Waals surface area (Å²) in [6.45, 7) is 0. The zero-order chi connectivity index (χ0) is 13.1. The first-order valence-corrected chi connectivity index (χ1v) is 5.42. The molecule has 0 spiro atoms. The number of carbonyl (C=O) groups is 2. The number of aromatic amines is 1. The molecule has 0 fully saturated rings. The maximum absolute atomic E-state index is 11.8. The average molecular weight is 265 g/mol. The van der Waals surface area contributed by atoms with Crippen LogP contribution < -0.4 is 5.32 Å². The van der Waals surface area contributed by atoms with Crippen LogP contribution in [0.1, 0.15) is 20.8 Å². The maximum atomic E-state index is 11.8. The third-order valence-corrected chi connectivity index (χ3v) is 2.48. The number of aromatic carboxylic acids is 1. The van der Waals surface area contributed by atoms with Crippen molar-refractivity contribution in [2.75, 3.05) is 5.32 Å². The molecule has 0 radical (unpaired) electrons. The second-order valence-corrected chi connectivity index (χ2v) is 4.01. The van der Waals surface area contributed by atoms with Gasteiger partial charge in [-0.2, -0.15) is 0 Å². The number of halogens is 1. The zero-order valence-corrected chi connectivity index (χ0v) is 9.86. The minimum atomic E-state index is -1.05. The van der Waals surface area contributed by atoms with Crippen LogP contribution in [0, 0.1) is 0 Å². The summed E-state index contributed by atoms with van der Waals surface area (Å²) in [5.41, 5.74) is 0.823. The van der Waals surface area contributed by atoms with Crippen molar-refractivity contribution in [2.24, 2.45) is 0 Å². The van der Waals surface area contributed by atoms with E-state index >= 15 is 0 Å². The van der Waals surface area contributed by atoms with E-state index in [0.717, 1.165) is 0 Å². The Morgan fingerprint density at radius 3 is 2.67 bits per heavy atom. The fourth-order valence-corrected chi connectivity index (χ4v) is 1.59. The molecule has 0 aliphatic heterocycles. The van der Waals surface area contributed by atoms with Crippen molar-refractivity contribution in [1.29, 1.82) is 0 Å². The van der Waals surface area contributed by atoms with Crippen LogP contribution in [0.5, 0.6) is 0 Å². The summed E-state index contributed by atoms with van der Waals surface area (Å²) in [5.74, 6) is -1.43. The molecule has 18 heavy (non-hydrogen) atoms. The van der Waals surface area contributed by atoms with Gasteiger partial charge in [-0.05, 0) is 24.3 Å². The molecule has 3 N–H and O–H groups in total. The summed E-state index contributed by atoms with van der Waals surface area (Å²) in [7, 11) is 0. The molecule has 0 unspecified atom stereocenters. The van der Waals surface area contributed by atoms with Crippen molar-refractivity contribution in [3.63, 3.8) is 0 Å². The number of aromatic nitrogens is 1. The van der Waals surface area contributed by atoms with Crippen LogP contribution in [0.3, 0.4) is 0 Å². The molecule has 2 aromatic rings. The van der Waals surface area contributed by atoms with Crippen molar-refractivity contribution in [3.05, 3.63) is 52.8 Å². The summed E-state index contributed by atoms with van der Waals surface area (Å²) in [4.78, 5) is 25.2. The molecule has 2 rings (SSSR count). The van der Waals surface area contributed by atoms with Crippen LogP contribution in [0.2, 0.25) is 5.02 Å². The van der Waals surface area contributed by atoms with E-state index in [1.807, 2.05) is 0 Å². The molecule has 0 bridgehead atoms. The molecule has 0 aliphatic carbocycles. The lowest BCUT2D eigenvalue weighted by Gasteiger charge is -2.04. The number of nitrogens with one attached hydrogen (secondary N) is 2. The fraction of sp³-hybridized carbons (Fsp3) is 0. The highest BCUT2D eigenvalue weighted by atomic mass is 35.5. The highest BCUT2D eigenvalue weighted by Crippen LogP contribution is 2.14. The molecule has 1 amide bonds. The number of anilines is 1. The standard InChI is InChI=1S/C12H9ClN2O3/c13-8-5-10(14-6-8)11(16)15-9-3-1-2-7(4-9)12(17)18/h1-6,14H,(H,15,16)(H,17,18). The third kappa shape index (κ3) is 2.70. The van der Waals surface area contributed by atoms with E-state index in [4.69, 9.17) is 16.7 Å². The summed E-state index contributed by atoms with van der Waals surface area (Å²) < 4.78 is 0. The first-order valence-electron chi connectivity index (χ1n) is 5.05. The average Bonchev–Trinajstić information content (AvgIpc) is 2.76. The normalized spacial score (nSPS) is 10.1. The molecule has 1 heterocycles. The summed E-state index contributed by atoms with van der Waals surface area (Å²) in [6.07, 6.45) is 1.49. The van der Waals surface area contributed by atoms with Crippen molar-refractivity contribution in [2.45, 2.75) is 0 Å². The molecule has 0 saturated heterocycles. The number of amides is 1. The van der Waals surface area contributed by atoms with Crippen molar-refractivity contribution in [1.82, 2.24) is 4.98 Å². The Hall–Kier alpha value is -2.27. The maximum Gasteiger partial charge on any atom is 0.335 e. The third-order valence-electron chi connectivity index (χ3n) is 2.26. The van der Waals surface area contributed by atoms with Crippen molar-refractivity contribution < 1.29 is 14.7 Å². The Kier molecular flexibility index (Phi) is 3.34. The number of H-pyrrole nitrogens is 1. The molecule has 1 aromatic carbocycles. The first kappa shape index (κ1) is 12.2. The summed E-state index contributed by atoms with van der Waals surface area (Å²) >= 11 is 5.69. The van der Waals surface area contributed by atoms with Crippen LogP contribution in [-0.4, -0.2) is 22.0 Å². The van der Waals surface area contributed by atoms with Crippen LogP contribution >= 0.6 is 11.6 Å². The Morgan fingerprint density at radius 2 is 2.06 bits per heavy atom. The van der Waals surface area contributed by atoms with Gasteiger partial charge in [-0.1, -0.05) is 17.7 Å². The van der Waals surface area contributed by atoms with E-state index in [9.17, 15) is 9.59 Å². The van der Waals surface area contributed by atoms with Crippen LogP contribution in [0.4, 0.5) is 5.69 Å². The number of carboxylic acids is 1. The van der Waals surface area contributed by atoms with Gasteiger partial charge in [0.15, 0.2) is 0 Å². The molecular weight excluding hydrogens is 256 g/mol. The monoisotopic (exact) mass is 264 g/mol. The van der Waals surface area contributed by atoms with E-state index in [1.165, 1.54) is 24.4 Å². The van der Waals surface area contributed by atoms with Crippen molar-refractivity contribution in [3.8, 4) is 0 Å². The number of benzene rings is 1. The summed E-state index contributed by atoms with van der Waals surface area (Å²) in [5, 5.41) is 11.8. The van der Waals surface area contributed by atoms with Gasteiger partial charge in [0.1, 0.15) is 5.69 Å². The SMILES string of the molecule is O=C(O)c1cccc(NC(=O)c2cc(Cl)c[nH]2)c1. The van der Waals surface area contributed by atoms with E-state index in [-0.39, 0.29) is 11.5 Å². The Labute approximate surface area is 107 Å². The van der Waals surface area contributed by atoms with Crippen LogP contribution in [0.25, 0.3) is 0 Å². The summed E-state index contributed by atoms with van der Waals surface area (Å²) in [6, 6.07) is 7.47. The smallest absolute Gasteiger partial charge is 0.335 e. The lowest BCUT2D eigenvalue weighted by Crippen LogP contribution is -2.12. The lowest BCUT2D eigenvalue weighted by atomic mass is 10.2. The second kappa shape index (κ2) is 4.93. The van der Waals surface area contributed by atoms with E-state index in [0.29, 0.717) is 16.4 Å². The molecule has 6 heteroatoms. The zero-order valence-electron chi connectivity index (χ0n) is 9.11. The van der Waals surface area contributed by atoms with Crippen molar-refractivity contribution >= 4 is 29.2 Å². The van der Waals surface area contributed by atoms with E-state index in [1.54, 1.807) is 12.1 Å². The van der Waals surface area contributed by atoms with Crippen LogP contribution in [-0.2, 0) is 0 Å². The Balaban J connectivity index is 2.16. The molecule has 0 atom stereocenters. The highest BCUT2D eigenvalue weighted by molar-refractivity contribution is 6.31. The van der Waals surface area contributed by atoms with Gasteiger partial charge < -0.3 is 15.4 Å². The van der Waals surface area contributed by atoms with Gasteiger partial charge in [0.05, 0.1) is 10.6 Å². The minimum absolute atomic E-state index is 0.109. The molecule has 0 saturated carbocycles. The Morgan fingerprint density at radius 1 is 1.28 bits per heavy atom. The van der Waals surface area contributed by atoms with Gasteiger partial charge in [-0.3, -0.25) is 4.79 Å². The Bertz CT molecular complexity index is 607. The second-order valence-electron chi connectivity index (χ2n) is 3.57. The topological polar surface area (TPSA) is 82.2 Å². The molecule has 5 nitrogen and oxygen atoms in total. The molecular formula is C12H9ClN2O3. The van der Waals surface area contributed by atoms with Gasteiger partial charge in [-0.25, -0.2) is 4.79 Å². The van der Waals surface area contributed by atoms with E-state index in [2.05, 4.69) is 10.3 Å². The quantitative estimate of drug-likeness (QED) is 0.797. The minimum Gasteiger partial charge on any atom is -0.478 e. The lowest BCUT2D eigenvalue weighted by molar-refractivity contribution is 0.0696. The van der Waals surface area contributed by atoms with Gasteiger partial charge in [0, 0.05) is 11.9 Å². The number of rotatable bonds is 3. The van der Waals surface area contributed by atoms with Crippen LogP contribution in [0.15, 0.2) is 36.5 Å². The van der Waals surface area contributed by atoms with Gasteiger partial charge in [0.25, 0.3) is 5.91 Å². The van der Waals surface area contributed by atoms with Gasteiger partial charge in [-0.15, -0.1) is 0 Å². The molecule has 1 aromatic heterocycles. The predicted octanol–water partition coefficient (Wildman–Crippen LogP) is 2.62. The number of carbonyl (C=O) groups excluding carboxylic acids is 1. The van der Waals surface area contributed by atoms with E-state index < -0.39 is 5.97 Å². The number of carboxylic acid groups (broad SMARTS) is 1. The number of hydrogen-bond acceptors (Lipinski definition) is 2. The first-order chi connectivity index (χ1) is 8.56. The highest BCUT2D eigenvalue weighted by Gasteiger charge is 2.09. The molecule has 0 aliphatic rings.